The van der Waals surface area contributed by atoms with E-state index in [-0.39, 0.29) is 5.82 Å². The maximum atomic E-state index is 13.3. The van der Waals surface area contributed by atoms with Crippen LogP contribution in [-0.2, 0) is 11.3 Å². The number of methoxy groups -OCH3 is 1. The van der Waals surface area contributed by atoms with Crippen molar-refractivity contribution in [1.29, 1.82) is 0 Å². The van der Waals surface area contributed by atoms with E-state index in [0.717, 1.165) is 11.0 Å². The van der Waals surface area contributed by atoms with Crippen LogP contribution in [0.25, 0.3) is 0 Å². The quantitative estimate of drug-likeness (QED) is 0.822. The summed E-state index contributed by atoms with van der Waals surface area (Å²) in [5, 5.41) is 3.08. The summed E-state index contributed by atoms with van der Waals surface area (Å²) >= 11 is 3.21. The summed E-state index contributed by atoms with van der Waals surface area (Å²) in [6.07, 6.45) is 0. The van der Waals surface area contributed by atoms with E-state index < -0.39 is 0 Å². The first kappa shape index (κ1) is 11.6. The van der Waals surface area contributed by atoms with Crippen molar-refractivity contribution in [3.63, 3.8) is 0 Å². The Kier molecular flexibility index (Phi) is 5.07. The molecule has 1 aromatic rings. The number of hydrogen-bond donors (Lipinski definition) is 1. The highest BCUT2D eigenvalue weighted by Gasteiger charge is 2.01. The van der Waals surface area contributed by atoms with Crippen molar-refractivity contribution in [1.82, 2.24) is 5.32 Å². The predicted molar refractivity (Wildman–Crippen MR) is 57.7 cm³/mol. The molecule has 0 amide bonds. The van der Waals surface area contributed by atoms with Crippen LogP contribution in [-0.4, -0.2) is 20.3 Å². The van der Waals surface area contributed by atoms with Crippen LogP contribution < -0.4 is 5.32 Å². The van der Waals surface area contributed by atoms with Crippen LogP contribution in [0.2, 0.25) is 0 Å². The van der Waals surface area contributed by atoms with Gasteiger partial charge in [0.25, 0.3) is 0 Å². The van der Waals surface area contributed by atoms with Crippen molar-refractivity contribution >= 4 is 15.9 Å². The van der Waals surface area contributed by atoms with Gasteiger partial charge in [0.05, 0.1) is 6.61 Å². The van der Waals surface area contributed by atoms with Crippen LogP contribution in [0.5, 0.6) is 0 Å². The van der Waals surface area contributed by atoms with Gasteiger partial charge in [0, 0.05) is 30.2 Å². The highest BCUT2D eigenvalue weighted by Crippen LogP contribution is 2.14. The minimum atomic E-state index is -0.190. The summed E-state index contributed by atoms with van der Waals surface area (Å²) in [6.45, 7) is 1.90. The first-order chi connectivity index (χ1) is 6.74. The minimum Gasteiger partial charge on any atom is -0.383 e. The van der Waals surface area contributed by atoms with E-state index in [1.807, 2.05) is 6.07 Å². The second kappa shape index (κ2) is 6.11. The number of ether oxygens (including phenoxy) is 1. The highest BCUT2D eigenvalue weighted by atomic mass is 79.9. The molecule has 0 bridgehead atoms. The molecule has 0 spiro atoms. The lowest BCUT2D eigenvalue weighted by Crippen LogP contribution is -2.19. The second-order valence-corrected chi connectivity index (χ2v) is 3.82. The van der Waals surface area contributed by atoms with Gasteiger partial charge in [-0.2, -0.15) is 0 Å². The lowest BCUT2D eigenvalue weighted by Gasteiger charge is -2.05. The molecule has 14 heavy (non-hydrogen) atoms. The Morgan fingerprint density at radius 1 is 1.50 bits per heavy atom. The Morgan fingerprint density at radius 3 is 2.93 bits per heavy atom. The highest BCUT2D eigenvalue weighted by molar-refractivity contribution is 9.10. The van der Waals surface area contributed by atoms with Crippen LogP contribution in [0.1, 0.15) is 5.56 Å². The van der Waals surface area contributed by atoms with Crippen LogP contribution in [0, 0.1) is 5.82 Å². The average Bonchev–Trinajstić information content (AvgIpc) is 2.15. The summed E-state index contributed by atoms with van der Waals surface area (Å²) in [5.41, 5.74) is 0.671. The molecule has 1 rings (SSSR count). The molecule has 0 aliphatic rings. The van der Waals surface area contributed by atoms with Gasteiger partial charge in [0.1, 0.15) is 5.82 Å². The van der Waals surface area contributed by atoms with E-state index in [1.54, 1.807) is 13.2 Å². The van der Waals surface area contributed by atoms with E-state index in [4.69, 9.17) is 4.74 Å². The fourth-order valence-corrected chi connectivity index (χ4v) is 1.40. The van der Waals surface area contributed by atoms with Crippen molar-refractivity contribution < 1.29 is 9.13 Å². The summed E-state index contributed by atoms with van der Waals surface area (Å²) < 4.78 is 18.9. The van der Waals surface area contributed by atoms with Gasteiger partial charge in [-0.3, -0.25) is 0 Å². The SMILES string of the molecule is COCCNCc1ccc(Br)cc1F. The number of benzene rings is 1. The van der Waals surface area contributed by atoms with Crippen LogP contribution in [0.4, 0.5) is 4.39 Å². The standard InChI is InChI=1S/C10H13BrFNO/c1-14-5-4-13-7-8-2-3-9(11)6-10(8)12/h2-3,6,13H,4-5,7H2,1H3. The monoisotopic (exact) mass is 261 g/mol. The number of rotatable bonds is 5. The van der Waals surface area contributed by atoms with Crippen molar-refractivity contribution in [2.75, 3.05) is 20.3 Å². The van der Waals surface area contributed by atoms with Gasteiger partial charge in [0.2, 0.25) is 0 Å². The Balaban J connectivity index is 2.42. The van der Waals surface area contributed by atoms with E-state index in [9.17, 15) is 4.39 Å². The zero-order valence-electron chi connectivity index (χ0n) is 8.02. The molecule has 0 saturated heterocycles. The molecule has 0 heterocycles. The fourth-order valence-electron chi connectivity index (χ4n) is 1.06. The van der Waals surface area contributed by atoms with Crippen LogP contribution in [0.3, 0.4) is 0 Å². The molecule has 78 valence electrons. The number of nitrogens with one attached hydrogen (secondary N) is 1. The summed E-state index contributed by atoms with van der Waals surface area (Å²) in [7, 11) is 1.64. The lowest BCUT2D eigenvalue weighted by molar-refractivity contribution is 0.199. The first-order valence-electron chi connectivity index (χ1n) is 4.37. The smallest absolute Gasteiger partial charge is 0.128 e. The van der Waals surface area contributed by atoms with Gasteiger partial charge in [-0.1, -0.05) is 22.0 Å². The zero-order chi connectivity index (χ0) is 10.4. The third-order valence-electron chi connectivity index (χ3n) is 1.81. The zero-order valence-corrected chi connectivity index (χ0v) is 9.60. The summed E-state index contributed by atoms with van der Waals surface area (Å²) in [6, 6.07) is 5.06. The number of hydrogen-bond acceptors (Lipinski definition) is 2. The molecular formula is C10H13BrFNO. The van der Waals surface area contributed by atoms with Crippen molar-refractivity contribution in [2.45, 2.75) is 6.54 Å². The van der Waals surface area contributed by atoms with Gasteiger partial charge in [-0.05, 0) is 12.1 Å². The molecule has 0 aliphatic heterocycles. The third-order valence-corrected chi connectivity index (χ3v) is 2.31. The van der Waals surface area contributed by atoms with E-state index in [2.05, 4.69) is 21.2 Å². The van der Waals surface area contributed by atoms with Gasteiger partial charge in [-0.25, -0.2) is 4.39 Å². The molecule has 4 heteroatoms. The maximum Gasteiger partial charge on any atom is 0.128 e. The molecule has 0 fully saturated rings. The molecule has 0 aliphatic carbocycles. The number of halogens is 2. The Bertz CT molecular complexity index is 293. The topological polar surface area (TPSA) is 21.3 Å². The van der Waals surface area contributed by atoms with Crippen molar-refractivity contribution in [2.24, 2.45) is 0 Å². The Morgan fingerprint density at radius 2 is 2.29 bits per heavy atom. The summed E-state index contributed by atoms with van der Waals surface area (Å²) in [4.78, 5) is 0. The maximum absolute atomic E-state index is 13.3. The molecule has 0 aromatic heterocycles. The van der Waals surface area contributed by atoms with Crippen LogP contribution in [0.15, 0.2) is 22.7 Å². The molecular weight excluding hydrogens is 249 g/mol. The molecule has 1 aromatic carbocycles. The van der Waals surface area contributed by atoms with E-state index >= 15 is 0 Å². The molecule has 0 unspecified atom stereocenters. The molecule has 2 nitrogen and oxygen atoms in total. The lowest BCUT2D eigenvalue weighted by atomic mass is 10.2. The fraction of sp³-hybridized carbons (Fsp3) is 0.400. The predicted octanol–water partition coefficient (Wildman–Crippen LogP) is 2.32. The van der Waals surface area contributed by atoms with Crippen molar-refractivity contribution in [3.8, 4) is 0 Å². The second-order valence-electron chi connectivity index (χ2n) is 2.91. The third kappa shape index (κ3) is 3.74. The van der Waals surface area contributed by atoms with Gasteiger partial charge in [-0.15, -0.1) is 0 Å². The van der Waals surface area contributed by atoms with E-state index in [0.29, 0.717) is 18.7 Å². The summed E-state index contributed by atoms with van der Waals surface area (Å²) in [5.74, 6) is -0.190. The molecule has 0 atom stereocenters. The Hall–Kier alpha value is -0.450. The van der Waals surface area contributed by atoms with Crippen molar-refractivity contribution in [3.05, 3.63) is 34.1 Å². The largest absolute Gasteiger partial charge is 0.383 e. The molecule has 0 radical (unpaired) electrons. The van der Waals surface area contributed by atoms with Gasteiger partial charge >= 0.3 is 0 Å². The van der Waals surface area contributed by atoms with Gasteiger partial charge < -0.3 is 10.1 Å². The minimum absolute atomic E-state index is 0.190. The van der Waals surface area contributed by atoms with E-state index in [1.165, 1.54) is 6.07 Å². The Labute approximate surface area is 91.6 Å². The molecule has 0 saturated carbocycles. The first-order valence-corrected chi connectivity index (χ1v) is 5.17. The normalized spacial score (nSPS) is 10.5. The average molecular weight is 262 g/mol. The van der Waals surface area contributed by atoms with Gasteiger partial charge in [0.15, 0.2) is 0 Å². The van der Waals surface area contributed by atoms with Crippen LogP contribution >= 0.6 is 15.9 Å². The molecule has 1 N–H and O–H groups in total.